The minimum absolute atomic E-state index is 0. The van der Waals surface area contributed by atoms with Crippen molar-refractivity contribution in [3.63, 3.8) is 0 Å². The average molecular weight is 279 g/mol. The Kier molecular flexibility index (Phi) is 109. The first kappa shape index (κ1) is 36.0. The molecule has 0 atom stereocenters. The standard InChI is InChI=1S/3C3H9NO.3H2O/c3*1-4-2-3-5;;;/h3*4-5H,2-3H2,1H3;3*1H2. The highest BCUT2D eigenvalue weighted by molar-refractivity contribution is 4.28. The molecular formula is C9H33N3O6. The predicted molar refractivity (Wildman–Crippen MR) is 73.9 cm³/mol. The fraction of sp³-hybridized carbons (Fsp3) is 1.00. The molecule has 0 aromatic rings. The molecule has 0 rings (SSSR count). The largest absolute Gasteiger partial charge is 0.412 e. The fourth-order valence-electron chi connectivity index (χ4n) is 0.335. The highest BCUT2D eigenvalue weighted by Gasteiger charge is 1.66. The van der Waals surface area contributed by atoms with Gasteiger partial charge in [0.05, 0.1) is 19.8 Å². The summed E-state index contributed by atoms with van der Waals surface area (Å²) in [5.74, 6) is 0. The Hall–Kier alpha value is -0.360. The zero-order valence-corrected chi connectivity index (χ0v) is 11.6. The minimum Gasteiger partial charge on any atom is -0.412 e. The average Bonchev–Trinajstić information content (AvgIpc) is 2.23. The van der Waals surface area contributed by atoms with E-state index in [1.54, 1.807) is 21.1 Å². The lowest BCUT2D eigenvalue weighted by Gasteiger charge is -1.84. The zero-order valence-electron chi connectivity index (χ0n) is 11.6. The normalized spacial score (nSPS) is 7.00. The molecular weight excluding hydrogens is 246 g/mol. The molecule has 0 aliphatic heterocycles. The molecule has 9 nitrogen and oxygen atoms in total. The summed E-state index contributed by atoms with van der Waals surface area (Å²) in [7, 11) is 5.41. The Bertz CT molecular complexity index is 63.1. The molecule has 0 amide bonds. The number of hydrogen-bond donors (Lipinski definition) is 6. The van der Waals surface area contributed by atoms with E-state index in [1.807, 2.05) is 0 Å². The fourth-order valence-corrected chi connectivity index (χ4v) is 0.335. The highest BCUT2D eigenvalue weighted by Crippen LogP contribution is 1.43. The molecule has 0 aliphatic carbocycles. The van der Waals surface area contributed by atoms with Crippen LogP contribution >= 0.6 is 0 Å². The molecule has 0 saturated carbocycles. The maximum atomic E-state index is 8.00. The van der Waals surface area contributed by atoms with Crippen LogP contribution in [0.25, 0.3) is 0 Å². The van der Waals surface area contributed by atoms with Crippen molar-refractivity contribution in [3.8, 4) is 0 Å². The van der Waals surface area contributed by atoms with Gasteiger partial charge in [0, 0.05) is 19.6 Å². The highest BCUT2D eigenvalue weighted by atomic mass is 16.3. The van der Waals surface area contributed by atoms with Crippen molar-refractivity contribution in [3.05, 3.63) is 0 Å². The molecule has 0 spiro atoms. The second-order valence-corrected chi connectivity index (χ2v) is 2.48. The van der Waals surface area contributed by atoms with Crippen LogP contribution in [0.3, 0.4) is 0 Å². The first-order valence-corrected chi connectivity index (χ1v) is 5.01. The van der Waals surface area contributed by atoms with Gasteiger partial charge in [-0.1, -0.05) is 0 Å². The van der Waals surface area contributed by atoms with Crippen molar-refractivity contribution in [1.82, 2.24) is 16.0 Å². The van der Waals surface area contributed by atoms with Gasteiger partial charge in [-0.25, -0.2) is 0 Å². The predicted octanol–water partition coefficient (Wildman–Crippen LogP) is -4.88. The number of rotatable bonds is 6. The van der Waals surface area contributed by atoms with Crippen molar-refractivity contribution in [2.24, 2.45) is 0 Å². The van der Waals surface area contributed by atoms with E-state index >= 15 is 0 Å². The van der Waals surface area contributed by atoms with Gasteiger partial charge in [-0.05, 0) is 21.1 Å². The van der Waals surface area contributed by atoms with Crippen LogP contribution in [0.1, 0.15) is 0 Å². The molecule has 0 fully saturated rings. The van der Waals surface area contributed by atoms with Crippen LogP contribution in [-0.4, -0.2) is 92.3 Å². The Morgan fingerprint density at radius 1 is 0.556 bits per heavy atom. The van der Waals surface area contributed by atoms with E-state index in [0.717, 1.165) is 0 Å². The summed E-state index contributed by atoms with van der Waals surface area (Å²) < 4.78 is 0. The first-order chi connectivity index (χ1) is 7.24. The van der Waals surface area contributed by atoms with Gasteiger partial charge in [-0.3, -0.25) is 0 Å². The molecule has 18 heavy (non-hydrogen) atoms. The summed E-state index contributed by atoms with van der Waals surface area (Å²) in [6.07, 6.45) is 0. The molecule has 0 heterocycles. The molecule has 0 aliphatic rings. The van der Waals surface area contributed by atoms with E-state index in [2.05, 4.69) is 16.0 Å². The summed E-state index contributed by atoms with van der Waals surface area (Å²) in [5.41, 5.74) is 0. The Labute approximate surface area is 109 Å². The van der Waals surface area contributed by atoms with Crippen LogP contribution in [0.15, 0.2) is 0 Å². The van der Waals surface area contributed by atoms with Crippen LogP contribution in [0.2, 0.25) is 0 Å². The van der Waals surface area contributed by atoms with Crippen LogP contribution in [0, 0.1) is 0 Å². The molecule has 0 unspecified atom stereocenters. The molecule has 0 saturated heterocycles. The lowest BCUT2D eigenvalue weighted by Crippen LogP contribution is -2.10. The van der Waals surface area contributed by atoms with Crippen LogP contribution in [-0.2, 0) is 0 Å². The lowest BCUT2D eigenvalue weighted by molar-refractivity contribution is 0.296. The van der Waals surface area contributed by atoms with E-state index in [4.69, 9.17) is 15.3 Å². The third-order valence-corrected chi connectivity index (χ3v) is 1.09. The van der Waals surface area contributed by atoms with Gasteiger partial charge in [-0.15, -0.1) is 0 Å². The lowest BCUT2D eigenvalue weighted by atomic mass is 10.7. The van der Waals surface area contributed by atoms with Gasteiger partial charge < -0.3 is 47.7 Å². The number of aliphatic hydroxyl groups is 3. The summed E-state index contributed by atoms with van der Waals surface area (Å²) in [5, 5.41) is 32.3. The molecule has 120 valence electrons. The van der Waals surface area contributed by atoms with Gasteiger partial charge in [-0.2, -0.15) is 0 Å². The van der Waals surface area contributed by atoms with Crippen LogP contribution < -0.4 is 16.0 Å². The molecule has 0 radical (unpaired) electrons. The number of aliphatic hydroxyl groups excluding tert-OH is 3. The summed E-state index contributed by atoms with van der Waals surface area (Å²) in [6, 6.07) is 0. The topological polar surface area (TPSA) is 191 Å². The quantitative estimate of drug-likeness (QED) is 0.282. The van der Waals surface area contributed by atoms with Gasteiger partial charge in [0.15, 0.2) is 0 Å². The van der Waals surface area contributed by atoms with Crippen molar-refractivity contribution in [2.45, 2.75) is 0 Å². The van der Waals surface area contributed by atoms with Gasteiger partial charge in [0.2, 0.25) is 0 Å². The molecule has 9 heteroatoms. The van der Waals surface area contributed by atoms with E-state index in [1.165, 1.54) is 0 Å². The summed E-state index contributed by atoms with van der Waals surface area (Å²) >= 11 is 0. The molecule has 12 N–H and O–H groups in total. The Balaban J connectivity index is -0.0000000277. The van der Waals surface area contributed by atoms with Crippen molar-refractivity contribution in [2.75, 3.05) is 60.6 Å². The summed E-state index contributed by atoms with van der Waals surface area (Å²) in [6.45, 7) is 2.78. The first-order valence-electron chi connectivity index (χ1n) is 5.01. The van der Waals surface area contributed by atoms with Crippen molar-refractivity contribution < 1.29 is 31.7 Å². The number of likely N-dealkylation sites (N-methyl/N-ethyl adjacent to an activating group) is 3. The van der Waals surface area contributed by atoms with Gasteiger partial charge in [0.25, 0.3) is 0 Å². The second-order valence-electron chi connectivity index (χ2n) is 2.48. The van der Waals surface area contributed by atoms with E-state index in [-0.39, 0.29) is 36.2 Å². The molecule has 0 bridgehead atoms. The molecule has 0 aromatic heterocycles. The van der Waals surface area contributed by atoms with Gasteiger partial charge in [0.1, 0.15) is 0 Å². The Morgan fingerprint density at radius 3 is 0.722 bits per heavy atom. The van der Waals surface area contributed by atoms with E-state index < -0.39 is 0 Å². The van der Waals surface area contributed by atoms with Gasteiger partial charge >= 0.3 is 0 Å². The van der Waals surface area contributed by atoms with Crippen LogP contribution in [0.4, 0.5) is 0 Å². The van der Waals surface area contributed by atoms with E-state index in [9.17, 15) is 0 Å². The molecule has 0 aromatic carbocycles. The maximum absolute atomic E-state index is 8.00. The third-order valence-electron chi connectivity index (χ3n) is 1.09. The van der Waals surface area contributed by atoms with Crippen molar-refractivity contribution in [1.29, 1.82) is 0 Å². The Morgan fingerprint density at radius 2 is 0.722 bits per heavy atom. The third kappa shape index (κ3) is 105. The maximum Gasteiger partial charge on any atom is 0.0555 e. The second kappa shape index (κ2) is 54.5. The smallest absolute Gasteiger partial charge is 0.0555 e. The minimum atomic E-state index is 0. The van der Waals surface area contributed by atoms with Crippen molar-refractivity contribution >= 4 is 0 Å². The summed E-state index contributed by atoms with van der Waals surface area (Å²) in [4.78, 5) is 0. The van der Waals surface area contributed by atoms with Crippen LogP contribution in [0.5, 0.6) is 0 Å². The number of nitrogens with one attached hydrogen (secondary N) is 3. The number of hydrogen-bond acceptors (Lipinski definition) is 6. The monoisotopic (exact) mass is 279 g/mol. The van der Waals surface area contributed by atoms with E-state index in [0.29, 0.717) is 19.6 Å². The SMILES string of the molecule is CNCCO.CNCCO.CNCCO.O.O.O. The zero-order chi connectivity index (χ0) is 12.4.